The van der Waals surface area contributed by atoms with Crippen LogP contribution in [0.25, 0.3) is 44.5 Å². The molecule has 4 aromatic heterocycles. The van der Waals surface area contributed by atoms with Crippen LogP contribution >= 0.6 is 23.2 Å². The number of aliphatic hydroxyl groups excluding tert-OH is 1. The fourth-order valence-electron chi connectivity index (χ4n) is 11.0. The molecule has 21 heteroatoms. The summed E-state index contributed by atoms with van der Waals surface area (Å²) in [7, 11) is 1.78. The number of aromatic amines is 1. The lowest BCUT2D eigenvalue weighted by molar-refractivity contribution is -0.136. The maximum absolute atomic E-state index is 13.7. The van der Waals surface area contributed by atoms with Crippen LogP contribution in [0.4, 0.5) is 0 Å². The average molecular weight is 1130 g/mol. The van der Waals surface area contributed by atoms with Gasteiger partial charge in [-0.2, -0.15) is 10.2 Å². The van der Waals surface area contributed by atoms with E-state index in [0.717, 1.165) is 90.3 Å². The predicted molar refractivity (Wildman–Crippen MR) is 309 cm³/mol. The Labute approximate surface area is 475 Å². The number of likely N-dealkylation sites (tertiary alicyclic amines) is 1. The fraction of sp³-hybridized carbons (Fsp3) is 0.458. The minimum absolute atomic E-state index is 0.0503. The number of hydrogen-bond acceptors (Lipinski definition) is 11. The number of aliphatic hydroxyl groups is 2. The molecule has 0 saturated carbocycles. The molecule has 2 aliphatic rings. The summed E-state index contributed by atoms with van der Waals surface area (Å²) in [4.78, 5) is 76.0. The summed E-state index contributed by atoms with van der Waals surface area (Å²) >= 11 is 13.2. The number of carbonyl (C=O) groups is 4. The van der Waals surface area contributed by atoms with Gasteiger partial charge in [-0.3, -0.25) is 37.9 Å². The first-order valence-corrected chi connectivity index (χ1v) is 28.7. The van der Waals surface area contributed by atoms with E-state index in [0.29, 0.717) is 104 Å². The third kappa shape index (κ3) is 14.0. The molecular weight excluding hydrogens is 1060 g/mol. The Morgan fingerprint density at radius 3 is 2.21 bits per heavy atom. The molecule has 6 N–H and O–H groups in total. The van der Waals surface area contributed by atoms with Crippen molar-refractivity contribution in [2.45, 2.75) is 122 Å². The second kappa shape index (κ2) is 26.6. The lowest BCUT2D eigenvalue weighted by atomic mass is 9.90. The Hall–Kier alpha value is -6.90. The number of benzene rings is 3. The van der Waals surface area contributed by atoms with Gasteiger partial charge in [-0.25, -0.2) is 4.98 Å². The molecule has 2 aliphatic heterocycles. The van der Waals surface area contributed by atoms with Crippen LogP contribution < -0.4 is 21.5 Å². The zero-order valence-electron chi connectivity index (χ0n) is 45.6. The van der Waals surface area contributed by atoms with E-state index in [1.54, 1.807) is 33.6 Å². The van der Waals surface area contributed by atoms with Crippen LogP contribution in [-0.4, -0.2) is 129 Å². The molecule has 0 unspecified atom stereocenters. The molecule has 9 rings (SSSR count). The van der Waals surface area contributed by atoms with Gasteiger partial charge < -0.3 is 40.9 Å². The average Bonchev–Trinajstić information content (AvgIpc) is 4.37. The van der Waals surface area contributed by atoms with Crippen molar-refractivity contribution in [1.82, 2.24) is 59.8 Å². The van der Waals surface area contributed by atoms with E-state index >= 15 is 0 Å². The number of nitrogens with one attached hydrogen (secondary N) is 4. The number of nitrogens with zero attached hydrogens (tertiary/aromatic N) is 8. The minimum Gasteiger partial charge on any atom is -0.388 e. The first-order chi connectivity index (χ1) is 38.7. The molecule has 0 radical (unpaired) electrons. The highest BCUT2D eigenvalue weighted by Gasteiger charge is 2.36. The predicted octanol–water partition coefficient (Wildman–Crippen LogP) is 7.02. The number of H-pyrrole nitrogens is 1. The van der Waals surface area contributed by atoms with Crippen LogP contribution in [0, 0.1) is 0 Å². The highest BCUT2D eigenvalue weighted by Crippen LogP contribution is 2.42. The molecule has 3 aromatic carbocycles. The summed E-state index contributed by atoms with van der Waals surface area (Å²) in [5.41, 5.74) is 6.79. The summed E-state index contributed by atoms with van der Waals surface area (Å²) in [6.45, 7) is 5.20. The van der Waals surface area contributed by atoms with Gasteiger partial charge in [0, 0.05) is 99.7 Å². The normalized spacial score (nSPS) is 14.6. The van der Waals surface area contributed by atoms with Gasteiger partial charge in [-0.15, -0.1) is 0 Å². The molecule has 424 valence electrons. The van der Waals surface area contributed by atoms with Gasteiger partial charge in [0.25, 0.3) is 5.56 Å². The second-order valence-corrected chi connectivity index (χ2v) is 22.3. The Balaban J connectivity index is 0.615. The molecule has 0 bridgehead atoms. The topological polar surface area (TPSA) is 238 Å². The van der Waals surface area contributed by atoms with E-state index < -0.39 is 12.2 Å². The number of piperidine rings is 1. The number of halogens is 2. The Morgan fingerprint density at radius 1 is 0.825 bits per heavy atom. The van der Waals surface area contributed by atoms with Crippen molar-refractivity contribution in [2.24, 2.45) is 7.05 Å². The second-order valence-electron chi connectivity index (χ2n) is 21.5. The number of amides is 4. The number of carbonyl (C=O) groups excluding carboxylic acids is 4. The third-order valence-corrected chi connectivity index (χ3v) is 16.4. The Morgan fingerprint density at radius 2 is 1.51 bits per heavy atom. The molecule has 7 aromatic rings. The maximum atomic E-state index is 13.7. The lowest BCUT2D eigenvalue weighted by Crippen LogP contribution is -2.49. The van der Waals surface area contributed by atoms with Crippen LogP contribution in [0.3, 0.4) is 0 Å². The number of unbranched alkanes of at least 4 members (excludes halogenated alkanes) is 7. The van der Waals surface area contributed by atoms with Crippen molar-refractivity contribution < 1.29 is 29.4 Å². The first kappa shape index (κ1) is 57.8. The van der Waals surface area contributed by atoms with Crippen molar-refractivity contribution in [1.29, 1.82) is 0 Å². The van der Waals surface area contributed by atoms with Gasteiger partial charge in [0.2, 0.25) is 23.6 Å². The number of rotatable bonds is 25. The van der Waals surface area contributed by atoms with Crippen LogP contribution in [0.1, 0.15) is 106 Å². The molecule has 1 fully saturated rings. The fourth-order valence-corrected chi connectivity index (χ4v) is 11.4. The summed E-state index contributed by atoms with van der Waals surface area (Å²) in [6.07, 6.45) is 13.2. The van der Waals surface area contributed by atoms with Crippen molar-refractivity contribution >= 4 is 68.8 Å². The number of aromatic nitrogens is 7. The third-order valence-electron chi connectivity index (χ3n) is 15.6. The van der Waals surface area contributed by atoms with Crippen LogP contribution in [-0.2, 0) is 58.8 Å². The lowest BCUT2D eigenvalue weighted by Gasteiger charge is -2.38. The summed E-state index contributed by atoms with van der Waals surface area (Å²) in [5.74, 6) is -0.354. The molecule has 80 heavy (non-hydrogen) atoms. The van der Waals surface area contributed by atoms with Gasteiger partial charge in [-0.1, -0.05) is 123 Å². The zero-order valence-corrected chi connectivity index (χ0v) is 47.1. The number of fused-ring (bicyclic) bond motifs is 4. The van der Waals surface area contributed by atoms with Crippen molar-refractivity contribution in [3.05, 3.63) is 122 Å². The standard InChI is InChI=1S/C59H72Cl2N12O7/c1-39(41-14-10-9-11-15-41)30-50(77)70-28-22-59(80,23-29-70)37-72-38-65-55-56(58(72)79)68-69(2)57(55)42-18-16-40(17-19-42)32-62-33-48(75)63-24-12-7-5-3-4-6-8-13-25-64-49(76)35-73-27-21-47(67-73)43-31-45(60)53(61)54-52(43)44-34-71(51(78)36-74)26-20-46(44)66-54/h9-11,14-19,21,27,31,38-39,62,66,74,80H,3-8,12-13,20,22-26,28-30,32-37H2,1-2H3,(H,63,75)(H,64,76)/t39-/m1/s1. The van der Waals surface area contributed by atoms with E-state index in [4.69, 9.17) is 28.3 Å². The van der Waals surface area contributed by atoms with Crippen LogP contribution in [0.5, 0.6) is 0 Å². The van der Waals surface area contributed by atoms with E-state index in [-0.39, 0.29) is 60.3 Å². The molecule has 0 spiro atoms. The van der Waals surface area contributed by atoms with Gasteiger partial charge >= 0.3 is 0 Å². The van der Waals surface area contributed by atoms with Gasteiger partial charge in [0.05, 0.1) is 52.0 Å². The summed E-state index contributed by atoms with van der Waals surface area (Å²) in [6, 6.07) is 21.4. The summed E-state index contributed by atoms with van der Waals surface area (Å²) in [5, 5.41) is 41.0. The van der Waals surface area contributed by atoms with Crippen molar-refractivity contribution in [3.8, 4) is 22.5 Å². The highest BCUT2D eigenvalue weighted by molar-refractivity contribution is 6.45. The SMILES string of the molecule is C[C@H](CC(=O)N1CCC(O)(Cn2cnc3c(-c4ccc(CNCC(=O)NCCCCCCCCCCNC(=O)Cn5ccc(-c6cc(Cl)c(Cl)c7[nH]c8c(c67)CN(C(=O)CO)CC8)n5)cc4)n(C)nc3c2=O)CC1)c1ccccc1. The van der Waals surface area contributed by atoms with Gasteiger partial charge in [0.15, 0.2) is 5.52 Å². The molecular formula is C59H72Cl2N12O7. The first-order valence-electron chi connectivity index (χ1n) is 27.9. The van der Waals surface area contributed by atoms with Crippen molar-refractivity contribution in [3.63, 3.8) is 0 Å². The summed E-state index contributed by atoms with van der Waals surface area (Å²) < 4.78 is 4.68. The van der Waals surface area contributed by atoms with Crippen LogP contribution in [0.2, 0.25) is 10.0 Å². The molecule has 0 aliphatic carbocycles. The smallest absolute Gasteiger partial charge is 0.281 e. The van der Waals surface area contributed by atoms with E-state index in [2.05, 4.69) is 37.9 Å². The maximum Gasteiger partial charge on any atom is 0.281 e. The molecule has 1 saturated heterocycles. The largest absolute Gasteiger partial charge is 0.388 e. The number of hydrogen-bond donors (Lipinski definition) is 6. The molecule has 6 heterocycles. The number of aryl methyl sites for hydroxylation is 1. The molecule has 19 nitrogen and oxygen atoms in total. The van der Waals surface area contributed by atoms with Crippen LogP contribution in [0.15, 0.2) is 84.0 Å². The van der Waals surface area contributed by atoms with E-state index in [9.17, 15) is 34.2 Å². The van der Waals surface area contributed by atoms with Crippen molar-refractivity contribution in [2.75, 3.05) is 45.9 Å². The molecule has 1 atom stereocenters. The zero-order chi connectivity index (χ0) is 56.3. The monoisotopic (exact) mass is 1130 g/mol. The quantitative estimate of drug-likeness (QED) is 0.0318. The Kier molecular flexibility index (Phi) is 19.2. The van der Waals surface area contributed by atoms with E-state index in [1.165, 1.54) is 10.9 Å². The van der Waals surface area contributed by atoms with Gasteiger partial charge in [-0.05, 0) is 54.9 Å². The Bertz CT molecular complexity index is 3360. The highest BCUT2D eigenvalue weighted by atomic mass is 35.5. The minimum atomic E-state index is -1.16. The van der Waals surface area contributed by atoms with Gasteiger partial charge in [0.1, 0.15) is 18.7 Å². The molecule has 4 amide bonds. The van der Waals surface area contributed by atoms with E-state index in [1.807, 2.05) is 65.6 Å².